The quantitative estimate of drug-likeness (QED) is 0.767. The highest BCUT2D eigenvalue weighted by Crippen LogP contribution is 2.18. The topological polar surface area (TPSA) is 57.9 Å². The Kier molecular flexibility index (Phi) is 4.75. The molecule has 0 radical (unpaired) electrons. The number of esters is 1. The van der Waals surface area contributed by atoms with Crippen molar-refractivity contribution in [3.05, 3.63) is 54.0 Å². The monoisotopic (exact) mass is 302 g/mol. The standard InChI is InChI=1S/C17H18O5/c18-17(22-12-15-7-4-9-19-15)16-13(8-10-20-16)11-21-14-5-2-1-3-6-14/h1-3,5-6,8,10,15H,4,7,9,11-12H2. The van der Waals surface area contributed by atoms with Gasteiger partial charge in [-0.15, -0.1) is 0 Å². The molecule has 5 heteroatoms. The van der Waals surface area contributed by atoms with E-state index in [1.165, 1.54) is 6.26 Å². The average molecular weight is 302 g/mol. The molecule has 2 aromatic rings. The van der Waals surface area contributed by atoms with Gasteiger partial charge in [0.15, 0.2) is 0 Å². The summed E-state index contributed by atoms with van der Waals surface area (Å²) in [5, 5.41) is 0. The SMILES string of the molecule is O=C(OCC1CCCO1)c1occc1COc1ccccc1. The Bertz CT molecular complexity index is 599. The zero-order chi connectivity index (χ0) is 15.2. The minimum Gasteiger partial charge on any atom is -0.489 e. The van der Waals surface area contributed by atoms with E-state index in [2.05, 4.69) is 0 Å². The number of carbonyl (C=O) groups excluding carboxylic acids is 1. The molecule has 1 saturated heterocycles. The van der Waals surface area contributed by atoms with E-state index in [1.807, 2.05) is 30.3 Å². The van der Waals surface area contributed by atoms with E-state index in [0.29, 0.717) is 5.56 Å². The second-order valence-electron chi connectivity index (χ2n) is 5.11. The maximum atomic E-state index is 12.1. The van der Waals surface area contributed by atoms with Gasteiger partial charge in [-0.05, 0) is 31.0 Å². The van der Waals surface area contributed by atoms with Gasteiger partial charge in [0, 0.05) is 12.2 Å². The highest BCUT2D eigenvalue weighted by atomic mass is 16.6. The predicted octanol–water partition coefficient (Wildman–Crippen LogP) is 3.19. The number of furan rings is 1. The van der Waals surface area contributed by atoms with Gasteiger partial charge < -0.3 is 18.6 Å². The van der Waals surface area contributed by atoms with Gasteiger partial charge in [-0.2, -0.15) is 0 Å². The van der Waals surface area contributed by atoms with Gasteiger partial charge in [0.05, 0.1) is 12.4 Å². The van der Waals surface area contributed by atoms with E-state index in [0.717, 1.165) is 25.2 Å². The highest BCUT2D eigenvalue weighted by molar-refractivity contribution is 5.87. The van der Waals surface area contributed by atoms with Gasteiger partial charge >= 0.3 is 5.97 Å². The maximum Gasteiger partial charge on any atom is 0.374 e. The number of ether oxygens (including phenoxy) is 3. The van der Waals surface area contributed by atoms with Crippen LogP contribution in [0.2, 0.25) is 0 Å². The summed E-state index contributed by atoms with van der Waals surface area (Å²) >= 11 is 0. The van der Waals surface area contributed by atoms with Crippen LogP contribution < -0.4 is 4.74 Å². The summed E-state index contributed by atoms with van der Waals surface area (Å²) < 4.78 is 21.5. The van der Waals surface area contributed by atoms with E-state index in [1.54, 1.807) is 6.07 Å². The van der Waals surface area contributed by atoms with Crippen molar-refractivity contribution in [2.75, 3.05) is 13.2 Å². The van der Waals surface area contributed by atoms with Crippen molar-refractivity contribution in [2.24, 2.45) is 0 Å². The number of hydrogen-bond donors (Lipinski definition) is 0. The summed E-state index contributed by atoms with van der Waals surface area (Å²) in [7, 11) is 0. The van der Waals surface area contributed by atoms with Gasteiger partial charge in [-0.1, -0.05) is 18.2 Å². The summed E-state index contributed by atoms with van der Waals surface area (Å²) in [6.45, 7) is 1.25. The van der Waals surface area contributed by atoms with Gasteiger partial charge in [-0.3, -0.25) is 0 Å². The van der Waals surface area contributed by atoms with Crippen LogP contribution in [-0.2, 0) is 16.1 Å². The fourth-order valence-corrected chi connectivity index (χ4v) is 2.32. The summed E-state index contributed by atoms with van der Waals surface area (Å²) in [5.74, 6) is 0.448. The molecule has 0 N–H and O–H groups in total. The van der Waals surface area contributed by atoms with Crippen molar-refractivity contribution in [2.45, 2.75) is 25.6 Å². The molecule has 0 amide bonds. The van der Waals surface area contributed by atoms with E-state index >= 15 is 0 Å². The normalized spacial score (nSPS) is 17.4. The molecule has 1 aliphatic rings. The fraction of sp³-hybridized carbons (Fsp3) is 0.353. The molecule has 22 heavy (non-hydrogen) atoms. The molecule has 0 saturated carbocycles. The first-order valence-electron chi connectivity index (χ1n) is 7.36. The average Bonchev–Trinajstić information content (AvgIpc) is 3.23. The van der Waals surface area contributed by atoms with Crippen LogP contribution in [-0.4, -0.2) is 25.3 Å². The van der Waals surface area contributed by atoms with Crippen molar-refractivity contribution in [3.63, 3.8) is 0 Å². The Morgan fingerprint density at radius 2 is 2.09 bits per heavy atom. The first-order valence-corrected chi connectivity index (χ1v) is 7.36. The van der Waals surface area contributed by atoms with Crippen molar-refractivity contribution in [1.82, 2.24) is 0 Å². The number of hydrogen-bond acceptors (Lipinski definition) is 5. The third-order valence-corrected chi connectivity index (χ3v) is 3.49. The van der Waals surface area contributed by atoms with Crippen LogP contribution in [0.4, 0.5) is 0 Å². The molecule has 1 unspecified atom stereocenters. The van der Waals surface area contributed by atoms with E-state index in [4.69, 9.17) is 18.6 Å². The molecule has 0 aliphatic carbocycles. The number of carbonyl (C=O) groups is 1. The summed E-state index contributed by atoms with van der Waals surface area (Å²) in [6, 6.07) is 11.1. The van der Waals surface area contributed by atoms with Crippen LogP contribution in [0.5, 0.6) is 5.75 Å². The summed E-state index contributed by atoms with van der Waals surface area (Å²) in [5.41, 5.74) is 0.668. The zero-order valence-electron chi connectivity index (χ0n) is 12.2. The van der Waals surface area contributed by atoms with E-state index in [-0.39, 0.29) is 25.1 Å². The Morgan fingerprint density at radius 3 is 2.86 bits per heavy atom. The molecule has 5 nitrogen and oxygen atoms in total. The molecule has 1 aromatic carbocycles. The lowest BCUT2D eigenvalue weighted by atomic mass is 10.2. The first kappa shape index (κ1) is 14.7. The molecule has 3 rings (SSSR count). The fourth-order valence-electron chi connectivity index (χ4n) is 2.32. The molecule has 116 valence electrons. The molecule has 1 fully saturated rings. The molecular weight excluding hydrogens is 284 g/mol. The Labute approximate surface area is 128 Å². The van der Waals surface area contributed by atoms with Crippen LogP contribution in [0.25, 0.3) is 0 Å². The summed E-state index contributed by atoms with van der Waals surface area (Å²) in [4.78, 5) is 12.1. The molecule has 2 heterocycles. The Morgan fingerprint density at radius 1 is 1.23 bits per heavy atom. The second kappa shape index (κ2) is 7.13. The van der Waals surface area contributed by atoms with Crippen LogP contribution in [0, 0.1) is 0 Å². The van der Waals surface area contributed by atoms with Crippen LogP contribution in [0.3, 0.4) is 0 Å². The largest absolute Gasteiger partial charge is 0.489 e. The van der Waals surface area contributed by atoms with Crippen LogP contribution in [0.15, 0.2) is 47.1 Å². The number of rotatable bonds is 6. The van der Waals surface area contributed by atoms with Crippen molar-refractivity contribution in [1.29, 1.82) is 0 Å². The lowest BCUT2D eigenvalue weighted by molar-refractivity contribution is 0.0134. The molecular formula is C17H18O5. The van der Waals surface area contributed by atoms with Crippen molar-refractivity contribution < 1.29 is 23.4 Å². The molecule has 1 aliphatic heterocycles. The van der Waals surface area contributed by atoms with Gasteiger partial charge in [0.25, 0.3) is 0 Å². The smallest absolute Gasteiger partial charge is 0.374 e. The molecule has 1 aromatic heterocycles. The number of benzene rings is 1. The number of para-hydroxylation sites is 1. The first-order chi connectivity index (χ1) is 10.8. The van der Waals surface area contributed by atoms with Gasteiger partial charge in [0.1, 0.15) is 19.0 Å². The predicted molar refractivity (Wildman–Crippen MR) is 78.7 cm³/mol. The van der Waals surface area contributed by atoms with E-state index in [9.17, 15) is 4.79 Å². The Hall–Kier alpha value is -2.27. The zero-order valence-corrected chi connectivity index (χ0v) is 12.2. The highest BCUT2D eigenvalue weighted by Gasteiger charge is 2.21. The van der Waals surface area contributed by atoms with Crippen molar-refractivity contribution >= 4 is 5.97 Å². The van der Waals surface area contributed by atoms with E-state index < -0.39 is 5.97 Å². The van der Waals surface area contributed by atoms with Gasteiger partial charge in [-0.25, -0.2) is 4.79 Å². The van der Waals surface area contributed by atoms with Gasteiger partial charge in [0.2, 0.25) is 5.76 Å². The summed E-state index contributed by atoms with van der Waals surface area (Å²) in [6.07, 6.45) is 3.41. The lowest BCUT2D eigenvalue weighted by Crippen LogP contribution is -2.18. The minimum absolute atomic E-state index is 0.00271. The van der Waals surface area contributed by atoms with Crippen LogP contribution in [0.1, 0.15) is 29.0 Å². The molecule has 0 spiro atoms. The molecule has 1 atom stereocenters. The van der Waals surface area contributed by atoms with Crippen molar-refractivity contribution in [3.8, 4) is 5.75 Å². The maximum absolute atomic E-state index is 12.1. The molecule has 0 bridgehead atoms. The lowest BCUT2D eigenvalue weighted by Gasteiger charge is -2.10. The third kappa shape index (κ3) is 3.68. The Balaban J connectivity index is 1.55. The van der Waals surface area contributed by atoms with Crippen LogP contribution >= 0.6 is 0 Å². The minimum atomic E-state index is -0.479. The third-order valence-electron chi connectivity index (χ3n) is 3.49. The second-order valence-corrected chi connectivity index (χ2v) is 5.11.